The van der Waals surface area contributed by atoms with Gasteiger partial charge in [-0.05, 0) is 43.0 Å². The normalized spacial score (nSPS) is 13.3. The fourth-order valence-corrected chi connectivity index (χ4v) is 3.82. The summed E-state index contributed by atoms with van der Waals surface area (Å²) in [4.78, 5) is 41.2. The van der Waals surface area contributed by atoms with E-state index in [-0.39, 0.29) is 36.4 Å². The van der Waals surface area contributed by atoms with E-state index >= 15 is 0 Å². The molecule has 2 amide bonds. The average Bonchev–Trinajstić information content (AvgIpc) is 3.29. The number of hydrogen-bond acceptors (Lipinski definition) is 7. The molecule has 0 fully saturated rings. The molecule has 0 unspecified atom stereocenters. The van der Waals surface area contributed by atoms with Crippen molar-refractivity contribution in [3.63, 3.8) is 0 Å². The van der Waals surface area contributed by atoms with Crippen molar-refractivity contribution in [1.82, 2.24) is 16.0 Å². The van der Waals surface area contributed by atoms with Crippen molar-refractivity contribution in [3.05, 3.63) is 22.4 Å². The predicted octanol–water partition coefficient (Wildman–Crippen LogP) is 0.443. The van der Waals surface area contributed by atoms with Crippen molar-refractivity contribution in [2.75, 3.05) is 13.6 Å². The molecule has 12 heteroatoms. The number of rotatable bonds is 15. The Morgan fingerprint density at radius 1 is 1.18 bits per heavy atom. The Labute approximate surface area is 199 Å². The van der Waals surface area contributed by atoms with E-state index in [1.807, 2.05) is 19.2 Å². The van der Waals surface area contributed by atoms with Crippen LogP contribution in [0.4, 0.5) is 0 Å². The number of hydrogen-bond donors (Lipinski definition) is 6. The van der Waals surface area contributed by atoms with Crippen molar-refractivity contribution in [1.29, 1.82) is 0 Å². The van der Waals surface area contributed by atoms with Gasteiger partial charge in [0.2, 0.25) is 11.8 Å². The van der Waals surface area contributed by atoms with Gasteiger partial charge in [0.25, 0.3) is 0 Å². The largest absolute Gasteiger partial charge is 0.475 e. The molecule has 0 aliphatic carbocycles. The van der Waals surface area contributed by atoms with Crippen LogP contribution in [0.5, 0.6) is 0 Å². The zero-order valence-electron chi connectivity index (χ0n) is 19.5. The van der Waals surface area contributed by atoms with E-state index in [1.54, 1.807) is 18.5 Å². The quantitative estimate of drug-likeness (QED) is 0.0695. The second-order valence-electron chi connectivity index (χ2n) is 8.24. The summed E-state index contributed by atoms with van der Waals surface area (Å²) in [5, 5.41) is 31.1. The molecule has 0 aliphatic rings. The second kappa shape index (κ2) is 15.4. The molecule has 0 bridgehead atoms. The van der Waals surface area contributed by atoms with Gasteiger partial charge in [0, 0.05) is 37.4 Å². The molecule has 1 aromatic rings. The number of nitrogens with two attached hydrogens (primary N) is 1. The fourth-order valence-electron chi connectivity index (χ4n) is 3.16. The highest BCUT2D eigenvalue weighted by atomic mass is 32.1. The van der Waals surface area contributed by atoms with E-state index in [1.165, 1.54) is 11.3 Å². The minimum atomic E-state index is -1.71. The molecule has 0 aromatic carbocycles. The first kappa shape index (κ1) is 28.6. The third kappa shape index (κ3) is 11.8. The van der Waals surface area contributed by atoms with Crippen molar-refractivity contribution in [2.24, 2.45) is 16.6 Å². The van der Waals surface area contributed by atoms with E-state index in [0.717, 1.165) is 0 Å². The molecule has 7 N–H and O–H groups in total. The lowest BCUT2D eigenvalue weighted by Crippen LogP contribution is -2.54. The van der Waals surface area contributed by atoms with Gasteiger partial charge in [0.1, 0.15) is 6.04 Å². The molecular formula is C21H36BN5O5S. The standard InChI is InChI=1S/C21H36BN5O5S/c1-14(2)12-18(22(31)32)27-20(30)16(6-5-10-25-21(23)24-3)26-19(29)8-4-7-17(28)15-9-11-33-13-15/h9,11,13-14,16,18,31-32H,4-8,10,12H2,1-3H3,(H,26,29)(H,27,30)(H3,23,24,25)/t16-,18-/m0/s1. The summed E-state index contributed by atoms with van der Waals surface area (Å²) < 4.78 is 0. The smallest absolute Gasteiger partial charge is 0.426 e. The predicted molar refractivity (Wildman–Crippen MR) is 131 cm³/mol. The number of guanidine groups is 1. The second-order valence-corrected chi connectivity index (χ2v) is 9.02. The molecule has 0 radical (unpaired) electrons. The van der Waals surface area contributed by atoms with Gasteiger partial charge in [-0.1, -0.05) is 13.8 Å². The third-order valence-corrected chi connectivity index (χ3v) is 5.62. The lowest BCUT2D eigenvalue weighted by Gasteiger charge is -2.24. The summed E-state index contributed by atoms with van der Waals surface area (Å²) in [6.45, 7) is 4.27. The molecule has 0 spiro atoms. The number of thiophene rings is 1. The Kier molecular flexibility index (Phi) is 13.4. The highest BCUT2D eigenvalue weighted by Gasteiger charge is 2.29. The molecule has 0 aliphatic heterocycles. The summed E-state index contributed by atoms with van der Waals surface area (Å²) in [6.07, 6.45) is 1.91. The monoisotopic (exact) mass is 481 g/mol. The number of carbonyl (C=O) groups is 3. The first-order valence-electron chi connectivity index (χ1n) is 11.1. The Hall–Kier alpha value is -2.44. The molecule has 33 heavy (non-hydrogen) atoms. The molecular weight excluding hydrogens is 445 g/mol. The van der Waals surface area contributed by atoms with Gasteiger partial charge in [0.05, 0.1) is 5.94 Å². The maximum Gasteiger partial charge on any atom is 0.475 e. The van der Waals surface area contributed by atoms with Gasteiger partial charge < -0.3 is 31.7 Å². The van der Waals surface area contributed by atoms with E-state index in [0.29, 0.717) is 37.8 Å². The van der Waals surface area contributed by atoms with Crippen LogP contribution in [0.15, 0.2) is 21.8 Å². The van der Waals surface area contributed by atoms with Gasteiger partial charge >= 0.3 is 7.12 Å². The Morgan fingerprint density at radius 2 is 1.91 bits per heavy atom. The summed E-state index contributed by atoms with van der Waals surface area (Å²) in [5.74, 6) is -1.30. The lowest BCUT2D eigenvalue weighted by atomic mass is 9.75. The highest BCUT2D eigenvalue weighted by molar-refractivity contribution is 7.08. The molecule has 10 nitrogen and oxygen atoms in total. The first-order valence-corrected chi connectivity index (χ1v) is 12.1. The van der Waals surface area contributed by atoms with Crippen LogP contribution in [-0.4, -0.2) is 66.3 Å². The summed E-state index contributed by atoms with van der Waals surface area (Å²) in [5.41, 5.74) is 6.24. The van der Waals surface area contributed by atoms with Crippen LogP contribution < -0.4 is 21.7 Å². The minimum absolute atomic E-state index is 0.0203. The van der Waals surface area contributed by atoms with Crippen molar-refractivity contribution in [3.8, 4) is 0 Å². The molecule has 184 valence electrons. The lowest BCUT2D eigenvalue weighted by molar-refractivity contribution is -0.129. The van der Waals surface area contributed by atoms with Crippen molar-refractivity contribution in [2.45, 2.75) is 64.4 Å². The number of nitrogens with zero attached hydrogens (tertiary/aromatic N) is 1. The Balaban J connectivity index is 2.65. The van der Waals surface area contributed by atoms with Crippen LogP contribution >= 0.6 is 11.3 Å². The van der Waals surface area contributed by atoms with Gasteiger partial charge in [-0.15, -0.1) is 0 Å². The molecule has 0 saturated carbocycles. The topological polar surface area (TPSA) is 166 Å². The zero-order valence-corrected chi connectivity index (χ0v) is 20.4. The van der Waals surface area contributed by atoms with Crippen molar-refractivity contribution < 1.29 is 24.4 Å². The zero-order chi connectivity index (χ0) is 24.8. The first-order chi connectivity index (χ1) is 15.6. The van der Waals surface area contributed by atoms with E-state index in [2.05, 4.69) is 20.9 Å². The SMILES string of the molecule is CN=C(N)NCCC[C@H](NC(=O)CCCC(=O)c1ccsc1)C(=O)N[C@@H](CC(C)C)B(O)O. The van der Waals surface area contributed by atoms with E-state index in [4.69, 9.17) is 5.73 Å². The van der Waals surface area contributed by atoms with Gasteiger partial charge in [-0.2, -0.15) is 11.3 Å². The number of aliphatic imine (C=N–C) groups is 1. The summed E-state index contributed by atoms with van der Waals surface area (Å²) in [7, 11) is -0.158. The van der Waals surface area contributed by atoms with Crippen molar-refractivity contribution >= 4 is 42.0 Å². The highest BCUT2D eigenvalue weighted by Crippen LogP contribution is 2.11. The number of ketones is 1. The average molecular weight is 481 g/mol. The van der Waals surface area contributed by atoms with Gasteiger partial charge in [0.15, 0.2) is 11.7 Å². The Bertz CT molecular complexity index is 773. The van der Waals surface area contributed by atoms with Crippen LogP contribution in [0, 0.1) is 5.92 Å². The van der Waals surface area contributed by atoms with Gasteiger partial charge in [-0.3, -0.25) is 19.4 Å². The summed E-state index contributed by atoms with van der Waals surface area (Å²) in [6, 6.07) is 0.890. The maximum atomic E-state index is 12.8. The van der Waals surface area contributed by atoms with E-state index in [9.17, 15) is 24.4 Å². The molecule has 1 heterocycles. The maximum absolute atomic E-state index is 12.8. The molecule has 2 atom stereocenters. The fraction of sp³-hybridized carbons (Fsp3) is 0.619. The molecule has 0 saturated heterocycles. The van der Waals surface area contributed by atoms with Crippen LogP contribution in [-0.2, 0) is 9.59 Å². The summed E-state index contributed by atoms with van der Waals surface area (Å²) >= 11 is 1.44. The van der Waals surface area contributed by atoms with Crippen LogP contribution in [0.3, 0.4) is 0 Å². The number of carbonyl (C=O) groups excluding carboxylic acids is 3. The van der Waals surface area contributed by atoms with Crippen LogP contribution in [0.2, 0.25) is 0 Å². The Morgan fingerprint density at radius 3 is 2.48 bits per heavy atom. The van der Waals surface area contributed by atoms with E-state index < -0.39 is 25.0 Å². The number of amides is 2. The van der Waals surface area contributed by atoms with Crippen LogP contribution in [0.1, 0.15) is 62.7 Å². The number of Topliss-reactive ketones (excluding diaryl/α,β-unsaturated/α-hetero) is 1. The van der Waals surface area contributed by atoms with Crippen LogP contribution in [0.25, 0.3) is 0 Å². The molecule has 1 rings (SSSR count). The minimum Gasteiger partial charge on any atom is -0.426 e. The number of nitrogens with one attached hydrogen (secondary N) is 3. The molecule has 1 aromatic heterocycles. The third-order valence-electron chi connectivity index (χ3n) is 4.93. The van der Waals surface area contributed by atoms with Gasteiger partial charge in [-0.25, -0.2) is 0 Å².